The van der Waals surface area contributed by atoms with Crippen molar-refractivity contribution in [1.29, 1.82) is 0 Å². The van der Waals surface area contributed by atoms with Crippen LogP contribution >= 0.6 is 0 Å². The van der Waals surface area contributed by atoms with Gasteiger partial charge in [-0.05, 0) is 50.3 Å². The molecule has 158 valence electrons. The minimum absolute atomic E-state index is 0.0476. The average Bonchev–Trinajstić information content (AvgIpc) is 3.33. The second-order valence-corrected chi connectivity index (χ2v) is 8.27. The molecule has 4 rings (SSSR count). The van der Waals surface area contributed by atoms with Crippen LogP contribution in [0.3, 0.4) is 0 Å². The minimum atomic E-state index is -0.242. The molecule has 1 N–H and O–H groups in total. The van der Waals surface area contributed by atoms with Crippen LogP contribution in [-0.2, 0) is 14.9 Å². The number of nitrogens with zero attached hydrogens (tertiary/aromatic N) is 3. The Morgan fingerprint density at radius 3 is 2.48 bits per heavy atom. The number of nitrogens with one attached hydrogen (secondary N) is 1. The molecule has 3 aliphatic rings. The summed E-state index contributed by atoms with van der Waals surface area (Å²) in [5.74, 6) is 0.847. The molecule has 1 aromatic carbocycles. The number of carbonyl (C=O) groups excluding carboxylic acids is 1. The molecule has 1 aromatic rings. The number of carbonyl (C=O) groups is 1. The van der Waals surface area contributed by atoms with Gasteiger partial charge in [-0.3, -0.25) is 9.79 Å². The number of hydrogen-bond donors (Lipinski definition) is 1. The highest BCUT2D eigenvalue weighted by Gasteiger charge is 2.44. The minimum Gasteiger partial charge on any atom is -0.368 e. The van der Waals surface area contributed by atoms with Crippen LogP contribution in [0.15, 0.2) is 29.3 Å². The third-order valence-corrected chi connectivity index (χ3v) is 6.27. The molecule has 2 saturated heterocycles. The first-order chi connectivity index (χ1) is 14.1. The van der Waals surface area contributed by atoms with Crippen molar-refractivity contribution in [3.05, 3.63) is 35.6 Å². The lowest BCUT2D eigenvalue weighted by atomic mass is 9.96. The molecule has 1 aliphatic carbocycles. The second-order valence-electron chi connectivity index (χ2n) is 8.27. The molecule has 2 aliphatic heterocycles. The van der Waals surface area contributed by atoms with E-state index in [1.807, 2.05) is 17.0 Å². The molecule has 1 atom stereocenters. The molecule has 0 bridgehead atoms. The van der Waals surface area contributed by atoms with Crippen LogP contribution in [0.25, 0.3) is 0 Å². The van der Waals surface area contributed by atoms with Crippen LogP contribution in [0, 0.1) is 5.82 Å². The van der Waals surface area contributed by atoms with Gasteiger partial charge in [-0.1, -0.05) is 12.1 Å². The topological polar surface area (TPSA) is 57.2 Å². The summed E-state index contributed by atoms with van der Waals surface area (Å²) < 4.78 is 18.8. The van der Waals surface area contributed by atoms with Crippen molar-refractivity contribution in [2.24, 2.45) is 4.99 Å². The first-order valence-corrected chi connectivity index (χ1v) is 10.8. The summed E-state index contributed by atoms with van der Waals surface area (Å²) in [6.45, 7) is 7.22. The number of aliphatic imine (C=N–C) groups is 1. The van der Waals surface area contributed by atoms with Gasteiger partial charge in [-0.25, -0.2) is 4.39 Å². The number of hydrogen-bond acceptors (Lipinski definition) is 3. The summed E-state index contributed by atoms with van der Waals surface area (Å²) in [7, 11) is 0. The zero-order valence-electron chi connectivity index (χ0n) is 17.2. The molecule has 1 amide bonds. The van der Waals surface area contributed by atoms with Gasteiger partial charge in [0.2, 0.25) is 0 Å². The Morgan fingerprint density at radius 2 is 1.90 bits per heavy atom. The summed E-state index contributed by atoms with van der Waals surface area (Å²) in [4.78, 5) is 21.7. The second kappa shape index (κ2) is 8.69. The van der Waals surface area contributed by atoms with Crippen molar-refractivity contribution >= 4 is 11.9 Å². The monoisotopic (exact) mass is 402 g/mol. The fraction of sp³-hybridized carbons (Fsp3) is 0.636. The zero-order chi connectivity index (χ0) is 20.3. The quantitative estimate of drug-likeness (QED) is 0.606. The van der Waals surface area contributed by atoms with Crippen molar-refractivity contribution in [1.82, 2.24) is 15.1 Å². The summed E-state index contributed by atoms with van der Waals surface area (Å²) in [5.41, 5.74) is 1.22. The number of benzene rings is 1. The molecule has 0 radical (unpaired) electrons. The Bertz CT molecular complexity index is 734. The van der Waals surface area contributed by atoms with E-state index in [-0.39, 0.29) is 23.2 Å². The smallest absolute Gasteiger partial charge is 0.251 e. The van der Waals surface area contributed by atoms with Gasteiger partial charge in [-0.15, -0.1) is 0 Å². The lowest BCUT2D eigenvalue weighted by molar-refractivity contribution is -0.142. The number of ether oxygens (including phenoxy) is 1. The lowest BCUT2D eigenvalue weighted by Crippen LogP contribution is -2.55. The zero-order valence-corrected chi connectivity index (χ0v) is 17.2. The highest BCUT2D eigenvalue weighted by Crippen LogP contribution is 2.48. The van der Waals surface area contributed by atoms with Crippen LogP contribution in [0.4, 0.5) is 4.39 Å². The van der Waals surface area contributed by atoms with E-state index in [0.29, 0.717) is 26.2 Å². The molecule has 1 saturated carbocycles. The van der Waals surface area contributed by atoms with E-state index < -0.39 is 0 Å². The van der Waals surface area contributed by atoms with E-state index in [9.17, 15) is 9.18 Å². The molecule has 7 heteroatoms. The van der Waals surface area contributed by atoms with E-state index in [2.05, 4.69) is 17.1 Å². The third-order valence-electron chi connectivity index (χ3n) is 6.27. The average molecular weight is 403 g/mol. The number of rotatable bonds is 5. The summed E-state index contributed by atoms with van der Waals surface area (Å²) in [5, 5.41) is 3.40. The van der Waals surface area contributed by atoms with E-state index in [4.69, 9.17) is 9.73 Å². The molecule has 2 heterocycles. The van der Waals surface area contributed by atoms with E-state index in [1.54, 1.807) is 0 Å². The third kappa shape index (κ3) is 4.55. The first-order valence-electron chi connectivity index (χ1n) is 10.8. The predicted molar refractivity (Wildman–Crippen MR) is 110 cm³/mol. The van der Waals surface area contributed by atoms with E-state index in [0.717, 1.165) is 51.3 Å². The van der Waals surface area contributed by atoms with Gasteiger partial charge in [0.05, 0.1) is 6.54 Å². The lowest BCUT2D eigenvalue weighted by Gasteiger charge is -2.37. The van der Waals surface area contributed by atoms with Crippen LogP contribution in [-0.4, -0.2) is 73.6 Å². The molecule has 0 spiro atoms. The summed E-state index contributed by atoms with van der Waals surface area (Å²) in [6.07, 6.45) is 3.75. The molecule has 29 heavy (non-hydrogen) atoms. The predicted octanol–water partition coefficient (Wildman–Crippen LogP) is 2.15. The van der Waals surface area contributed by atoms with Crippen molar-refractivity contribution in [3.8, 4) is 0 Å². The van der Waals surface area contributed by atoms with Gasteiger partial charge in [-0.2, -0.15) is 0 Å². The highest BCUT2D eigenvalue weighted by atomic mass is 19.1. The summed E-state index contributed by atoms with van der Waals surface area (Å²) >= 11 is 0. The Morgan fingerprint density at radius 1 is 1.21 bits per heavy atom. The van der Waals surface area contributed by atoms with Gasteiger partial charge in [0.15, 0.2) is 5.96 Å². The number of guanidine groups is 1. The van der Waals surface area contributed by atoms with Crippen molar-refractivity contribution < 1.29 is 13.9 Å². The summed E-state index contributed by atoms with van der Waals surface area (Å²) in [6, 6.07) is 6.85. The SMILES string of the molecule is CCNC(=NCC1(c2ccc(F)cc2)CC1)N1CCN(C(=O)C2CCCO2)CC1. The largest absolute Gasteiger partial charge is 0.368 e. The Hall–Kier alpha value is -2.15. The van der Waals surface area contributed by atoms with Crippen molar-refractivity contribution in [2.45, 2.75) is 44.1 Å². The number of halogens is 1. The van der Waals surface area contributed by atoms with Crippen LogP contribution in [0.1, 0.15) is 38.2 Å². The standard InChI is InChI=1S/C22H31FN4O2/c1-2-24-21(25-16-22(9-10-22)17-5-7-18(23)8-6-17)27-13-11-26(12-14-27)20(28)19-4-3-15-29-19/h5-8,19H,2-4,9-16H2,1H3,(H,24,25). The van der Waals surface area contributed by atoms with Gasteiger partial charge >= 0.3 is 0 Å². The van der Waals surface area contributed by atoms with Crippen LogP contribution in [0.5, 0.6) is 0 Å². The maximum atomic E-state index is 13.3. The van der Waals surface area contributed by atoms with Gasteiger partial charge in [0, 0.05) is 44.7 Å². The fourth-order valence-corrected chi connectivity index (χ4v) is 4.26. The Kier molecular flexibility index (Phi) is 6.04. The van der Waals surface area contributed by atoms with Gasteiger partial charge in [0.1, 0.15) is 11.9 Å². The number of piperazine rings is 1. The first kappa shape index (κ1) is 20.1. The Labute approximate surface area is 172 Å². The highest BCUT2D eigenvalue weighted by molar-refractivity contribution is 5.83. The van der Waals surface area contributed by atoms with Crippen molar-refractivity contribution in [3.63, 3.8) is 0 Å². The molecule has 0 aromatic heterocycles. The maximum Gasteiger partial charge on any atom is 0.251 e. The Balaban J connectivity index is 1.36. The molecule has 6 nitrogen and oxygen atoms in total. The molecule has 3 fully saturated rings. The van der Waals surface area contributed by atoms with Crippen molar-refractivity contribution in [2.75, 3.05) is 45.9 Å². The molecule has 1 unspecified atom stereocenters. The molecular formula is C22H31FN4O2. The van der Waals surface area contributed by atoms with E-state index >= 15 is 0 Å². The van der Waals surface area contributed by atoms with Gasteiger partial charge < -0.3 is 19.9 Å². The fourth-order valence-electron chi connectivity index (χ4n) is 4.26. The maximum absolute atomic E-state index is 13.3. The van der Waals surface area contributed by atoms with E-state index in [1.165, 1.54) is 17.7 Å². The van der Waals surface area contributed by atoms with Crippen LogP contribution in [0.2, 0.25) is 0 Å². The normalized spacial score (nSPS) is 23.9. The number of amides is 1. The van der Waals surface area contributed by atoms with Crippen LogP contribution < -0.4 is 5.32 Å². The molecular weight excluding hydrogens is 371 g/mol. The van der Waals surface area contributed by atoms with Gasteiger partial charge in [0.25, 0.3) is 5.91 Å².